The molecule has 0 spiro atoms. The molecule has 2 nitrogen and oxygen atoms in total. The molecule has 0 unspecified atom stereocenters. The summed E-state index contributed by atoms with van der Waals surface area (Å²) in [6.07, 6.45) is 0. The van der Waals surface area contributed by atoms with Gasteiger partial charge >= 0.3 is 0 Å². The van der Waals surface area contributed by atoms with Crippen molar-refractivity contribution in [2.75, 3.05) is 12.0 Å². The van der Waals surface area contributed by atoms with Crippen LogP contribution in [0.1, 0.15) is 0 Å². The summed E-state index contributed by atoms with van der Waals surface area (Å²) < 4.78 is 5.35. The van der Waals surface area contributed by atoms with Crippen LogP contribution in [-0.4, -0.2) is 7.11 Å². The molecule has 0 amide bonds. The third-order valence-corrected chi connectivity index (χ3v) is 4.56. The van der Waals surface area contributed by atoms with Gasteiger partial charge in [0.1, 0.15) is 5.75 Å². The first-order valence-electron chi connectivity index (χ1n) is 9.00. The molecule has 4 aromatic carbocycles. The predicted molar refractivity (Wildman–Crippen MR) is 113 cm³/mol. The summed E-state index contributed by atoms with van der Waals surface area (Å²) in [6, 6.07) is 37.6. The molecule has 27 heavy (non-hydrogen) atoms. The highest BCUT2D eigenvalue weighted by atomic mass is 16.5. The highest BCUT2D eigenvalue weighted by Crippen LogP contribution is 2.35. The third-order valence-electron chi connectivity index (χ3n) is 4.56. The number of anilines is 3. The standard InChI is InChI=1S/C25H21NO/c1-27-25-14-8-9-21(19-25)20-15-17-24(18-16-20)26(22-10-4-2-5-11-22)23-12-6-3-7-13-23/h2-19H,1H3. The van der Waals surface area contributed by atoms with E-state index in [1.807, 2.05) is 24.3 Å². The van der Waals surface area contributed by atoms with Gasteiger partial charge in [0.05, 0.1) is 7.11 Å². The van der Waals surface area contributed by atoms with Gasteiger partial charge in [-0.2, -0.15) is 0 Å². The molecular weight excluding hydrogens is 330 g/mol. The zero-order valence-electron chi connectivity index (χ0n) is 15.2. The second-order valence-corrected chi connectivity index (χ2v) is 6.29. The Labute approximate surface area is 160 Å². The fourth-order valence-corrected chi connectivity index (χ4v) is 3.21. The van der Waals surface area contributed by atoms with E-state index in [0.29, 0.717) is 0 Å². The van der Waals surface area contributed by atoms with Gasteiger partial charge in [-0.1, -0.05) is 60.7 Å². The number of rotatable bonds is 5. The van der Waals surface area contributed by atoms with E-state index in [1.165, 1.54) is 5.56 Å². The fraction of sp³-hybridized carbons (Fsp3) is 0.0400. The maximum Gasteiger partial charge on any atom is 0.119 e. The summed E-state index contributed by atoms with van der Waals surface area (Å²) in [5.74, 6) is 0.867. The van der Waals surface area contributed by atoms with Gasteiger partial charge in [0.25, 0.3) is 0 Å². The minimum atomic E-state index is 0.867. The van der Waals surface area contributed by atoms with Gasteiger partial charge in [0, 0.05) is 17.1 Å². The first kappa shape index (κ1) is 16.9. The molecular formula is C25H21NO. The molecule has 4 rings (SSSR count). The first-order valence-corrected chi connectivity index (χ1v) is 9.00. The van der Waals surface area contributed by atoms with Gasteiger partial charge in [0.15, 0.2) is 0 Å². The minimum absolute atomic E-state index is 0.867. The maximum absolute atomic E-state index is 5.35. The van der Waals surface area contributed by atoms with Gasteiger partial charge in [-0.05, 0) is 59.7 Å². The van der Waals surface area contributed by atoms with Crippen molar-refractivity contribution in [3.63, 3.8) is 0 Å². The van der Waals surface area contributed by atoms with E-state index >= 15 is 0 Å². The van der Waals surface area contributed by atoms with E-state index in [2.05, 4.69) is 89.8 Å². The molecule has 4 aromatic rings. The fourth-order valence-electron chi connectivity index (χ4n) is 3.21. The largest absolute Gasteiger partial charge is 0.497 e. The molecule has 0 aliphatic carbocycles. The Kier molecular flexibility index (Phi) is 4.88. The van der Waals surface area contributed by atoms with Gasteiger partial charge in [-0.3, -0.25) is 0 Å². The molecule has 0 aliphatic heterocycles. The number of benzene rings is 4. The zero-order valence-corrected chi connectivity index (χ0v) is 15.2. The van der Waals surface area contributed by atoms with Crippen LogP contribution in [0.15, 0.2) is 109 Å². The Morgan fingerprint density at radius 2 is 1.07 bits per heavy atom. The Hall–Kier alpha value is -3.52. The lowest BCUT2D eigenvalue weighted by atomic mass is 10.0. The van der Waals surface area contributed by atoms with E-state index < -0.39 is 0 Å². The van der Waals surface area contributed by atoms with Crippen molar-refractivity contribution in [2.24, 2.45) is 0 Å². The summed E-state index contributed by atoms with van der Waals surface area (Å²) in [4.78, 5) is 2.26. The highest BCUT2D eigenvalue weighted by Gasteiger charge is 2.11. The molecule has 0 radical (unpaired) electrons. The van der Waals surface area contributed by atoms with Crippen molar-refractivity contribution in [3.05, 3.63) is 109 Å². The molecule has 0 saturated carbocycles. The molecule has 2 heteroatoms. The van der Waals surface area contributed by atoms with E-state index in [0.717, 1.165) is 28.4 Å². The topological polar surface area (TPSA) is 12.5 Å². The van der Waals surface area contributed by atoms with Gasteiger partial charge in [0.2, 0.25) is 0 Å². The molecule has 0 N–H and O–H groups in total. The molecule has 0 aliphatic rings. The number of hydrogen-bond donors (Lipinski definition) is 0. The zero-order chi connectivity index (χ0) is 18.5. The lowest BCUT2D eigenvalue weighted by Crippen LogP contribution is -2.09. The third kappa shape index (κ3) is 3.70. The lowest BCUT2D eigenvalue weighted by Gasteiger charge is -2.25. The van der Waals surface area contributed by atoms with Crippen LogP contribution < -0.4 is 9.64 Å². The van der Waals surface area contributed by atoms with E-state index in [9.17, 15) is 0 Å². The van der Waals surface area contributed by atoms with Crippen molar-refractivity contribution in [1.82, 2.24) is 0 Å². The van der Waals surface area contributed by atoms with Crippen LogP contribution in [0.2, 0.25) is 0 Å². The normalized spacial score (nSPS) is 10.4. The van der Waals surface area contributed by atoms with Crippen LogP contribution in [0.3, 0.4) is 0 Å². The second kappa shape index (κ2) is 7.79. The number of methoxy groups -OCH3 is 1. The van der Waals surface area contributed by atoms with E-state index in [-0.39, 0.29) is 0 Å². The average molecular weight is 351 g/mol. The number of nitrogens with zero attached hydrogens (tertiary/aromatic N) is 1. The average Bonchev–Trinajstić information content (AvgIpc) is 2.76. The van der Waals surface area contributed by atoms with Crippen molar-refractivity contribution in [2.45, 2.75) is 0 Å². The lowest BCUT2D eigenvalue weighted by molar-refractivity contribution is 0.415. The van der Waals surface area contributed by atoms with Crippen LogP contribution in [0.25, 0.3) is 11.1 Å². The quantitative estimate of drug-likeness (QED) is 0.390. The van der Waals surface area contributed by atoms with Crippen molar-refractivity contribution >= 4 is 17.1 Å². The van der Waals surface area contributed by atoms with Crippen molar-refractivity contribution in [3.8, 4) is 16.9 Å². The van der Waals surface area contributed by atoms with Crippen LogP contribution in [0, 0.1) is 0 Å². The van der Waals surface area contributed by atoms with Gasteiger partial charge in [-0.15, -0.1) is 0 Å². The molecule has 0 heterocycles. The Balaban J connectivity index is 1.73. The Bertz CT molecular complexity index is 956. The van der Waals surface area contributed by atoms with Gasteiger partial charge in [-0.25, -0.2) is 0 Å². The van der Waals surface area contributed by atoms with Crippen LogP contribution >= 0.6 is 0 Å². The van der Waals surface area contributed by atoms with Crippen molar-refractivity contribution in [1.29, 1.82) is 0 Å². The summed E-state index contributed by atoms with van der Waals surface area (Å²) in [6.45, 7) is 0. The molecule has 0 atom stereocenters. The maximum atomic E-state index is 5.35. The van der Waals surface area contributed by atoms with E-state index in [4.69, 9.17) is 4.74 Å². The molecule has 0 saturated heterocycles. The summed E-state index contributed by atoms with van der Waals surface area (Å²) in [7, 11) is 1.69. The van der Waals surface area contributed by atoms with Crippen LogP contribution in [-0.2, 0) is 0 Å². The first-order chi connectivity index (χ1) is 13.3. The van der Waals surface area contributed by atoms with E-state index in [1.54, 1.807) is 7.11 Å². The molecule has 0 bridgehead atoms. The Morgan fingerprint density at radius 3 is 1.63 bits per heavy atom. The highest BCUT2D eigenvalue weighted by molar-refractivity contribution is 5.78. The molecule has 132 valence electrons. The second-order valence-electron chi connectivity index (χ2n) is 6.29. The van der Waals surface area contributed by atoms with Gasteiger partial charge < -0.3 is 9.64 Å². The van der Waals surface area contributed by atoms with Crippen LogP contribution in [0.4, 0.5) is 17.1 Å². The Morgan fingerprint density at radius 1 is 0.519 bits per heavy atom. The summed E-state index contributed by atoms with van der Waals surface area (Å²) >= 11 is 0. The number of ether oxygens (including phenoxy) is 1. The summed E-state index contributed by atoms with van der Waals surface area (Å²) in [5, 5.41) is 0. The monoisotopic (exact) mass is 351 g/mol. The molecule has 0 fully saturated rings. The van der Waals surface area contributed by atoms with Crippen LogP contribution in [0.5, 0.6) is 5.75 Å². The number of hydrogen-bond acceptors (Lipinski definition) is 2. The molecule has 0 aromatic heterocycles. The predicted octanol–water partition coefficient (Wildman–Crippen LogP) is 6.83. The minimum Gasteiger partial charge on any atom is -0.497 e. The SMILES string of the molecule is COc1cccc(-c2ccc(N(c3ccccc3)c3ccccc3)cc2)c1. The van der Waals surface area contributed by atoms with Crippen molar-refractivity contribution < 1.29 is 4.74 Å². The number of para-hydroxylation sites is 2. The summed E-state index contributed by atoms with van der Waals surface area (Å²) in [5.41, 5.74) is 5.71. The smallest absolute Gasteiger partial charge is 0.119 e.